The van der Waals surface area contributed by atoms with Crippen LogP contribution in [0.4, 0.5) is 0 Å². The number of ketones is 1. The van der Waals surface area contributed by atoms with Crippen LogP contribution in [0.15, 0.2) is 36.5 Å². The number of carbonyl (C=O) groups is 1. The van der Waals surface area contributed by atoms with Crippen LogP contribution < -0.4 is 0 Å². The third kappa shape index (κ3) is 6.23. The number of rotatable bonds is 12. The second-order valence-corrected chi connectivity index (χ2v) is 7.63. The molecule has 25 heavy (non-hydrogen) atoms. The molecule has 3 atom stereocenters. The van der Waals surface area contributed by atoms with Crippen molar-refractivity contribution in [1.29, 1.82) is 0 Å². The lowest BCUT2D eigenvalue weighted by Gasteiger charge is -2.26. The van der Waals surface area contributed by atoms with Gasteiger partial charge in [-0.3, -0.25) is 4.79 Å². The van der Waals surface area contributed by atoms with Gasteiger partial charge < -0.3 is 10.2 Å². The minimum Gasteiger partial charge on any atom is -0.396 e. The van der Waals surface area contributed by atoms with E-state index < -0.39 is 5.60 Å². The van der Waals surface area contributed by atoms with Gasteiger partial charge in [-0.1, -0.05) is 43.7 Å². The molecule has 1 fully saturated rings. The van der Waals surface area contributed by atoms with E-state index in [0.717, 1.165) is 51.4 Å². The minimum absolute atomic E-state index is 0.00512. The number of aliphatic hydroxyl groups excluding tert-OH is 1. The molecular formula is C22H34O3. The molecule has 0 aliphatic heterocycles. The molecule has 0 spiro atoms. The topological polar surface area (TPSA) is 57.5 Å². The van der Waals surface area contributed by atoms with Crippen molar-refractivity contribution in [2.75, 3.05) is 6.61 Å². The van der Waals surface area contributed by atoms with E-state index in [1.807, 2.05) is 6.08 Å². The normalized spacial score (nSPS) is 26.1. The fourth-order valence-electron chi connectivity index (χ4n) is 3.82. The molecule has 2 N–H and O–H groups in total. The monoisotopic (exact) mass is 346 g/mol. The van der Waals surface area contributed by atoms with E-state index in [1.54, 1.807) is 6.08 Å². The van der Waals surface area contributed by atoms with Gasteiger partial charge in [-0.25, -0.2) is 0 Å². The molecule has 0 saturated heterocycles. The van der Waals surface area contributed by atoms with Crippen LogP contribution in [0.25, 0.3) is 0 Å². The van der Waals surface area contributed by atoms with Crippen molar-refractivity contribution >= 4 is 5.78 Å². The predicted molar refractivity (Wildman–Crippen MR) is 102 cm³/mol. The largest absolute Gasteiger partial charge is 0.396 e. The van der Waals surface area contributed by atoms with E-state index in [1.165, 1.54) is 0 Å². The Bertz CT molecular complexity index is 501. The van der Waals surface area contributed by atoms with Crippen LogP contribution in [0.1, 0.15) is 64.7 Å². The van der Waals surface area contributed by atoms with Gasteiger partial charge in [0.25, 0.3) is 0 Å². The molecule has 0 bridgehead atoms. The fourth-order valence-corrected chi connectivity index (χ4v) is 3.82. The van der Waals surface area contributed by atoms with Crippen molar-refractivity contribution in [1.82, 2.24) is 0 Å². The van der Waals surface area contributed by atoms with Gasteiger partial charge in [0.15, 0.2) is 5.78 Å². The summed E-state index contributed by atoms with van der Waals surface area (Å²) in [5.74, 6) is 0.835. The SMILES string of the molecule is CCCC(O)(CC=C[C@H]1C=CC(=O)[C@@H]1CC=CCCCCO)C1CC1. The van der Waals surface area contributed by atoms with Gasteiger partial charge in [-0.05, 0) is 63.4 Å². The highest BCUT2D eigenvalue weighted by Crippen LogP contribution is 2.44. The Balaban J connectivity index is 1.82. The Hall–Kier alpha value is -1.19. The maximum absolute atomic E-state index is 12.1. The second kappa shape index (κ2) is 10.1. The fraction of sp³-hybridized carbons (Fsp3) is 0.682. The first-order valence-electron chi connectivity index (χ1n) is 9.97. The maximum atomic E-state index is 12.1. The highest BCUT2D eigenvalue weighted by molar-refractivity contribution is 5.95. The highest BCUT2D eigenvalue weighted by atomic mass is 16.3. The standard InChI is InChI=1S/C22H34O3/c1-2-15-22(25,19-12-13-19)16-8-9-18-11-14-21(24)20(18)10-6-4-3-5-7-17-23/h4,6,8-9,11,14,18-20,23,25H,2-3,5,7,10,12-13,15-17H2,1H3/t18-,20+,22?/m0/s1. The number of carbonyl (C=O) groups excluding carboxylic acids is 1. The molecule has 2 rings (SSSR count). The minimum atomic E-state index is -0.542. The van der Waals surface area contributed by atoms with Crippen LogP contribution in [-0.4, -0.2) is 28.2 Å². The molecule has 0 aromatic carbocycles. The number of aliphatic hydroxyl groups is 2. The Morgan fingerprint density at radius 3 is 2.72 bits per heavy atom. The van der Waals surface area contributed by atoms with Crippen LogP contribution in [0, 0.1) is 17.8 Å². The Kier molecular flexibility index (Phi) is 8.11. The zero-order valence-electron chi connectivity index (χ0n) is 15.6. The lowest BCUT2D eigenvalue weighted by Crippen LogP contribution is -2.30. The van der Waals surface area contributed by atoms with E-state index in [4.69, 9.17) is 5.11 Å². The molecule has 2 aliphatic rings. The third-order valence-corrected chi connectivity index (χ3v) is 5.50. The molecule has 0 aromatic rings. The van der Waals surface area contributed by atoms with Crippen molar-refractivity contribution in [3.05, 3.63) is 36.5 Å². The zero-order valence-corrected chi connectivity index (χ0v) is 15.6. The highest BCUT2D eigenvalue weighted by Gasteiger charge is 2.42. The molecule has 0 amide bonds. The smallest absolute Gasteiger partial charge is 0.159 e. The summed E-state index contributed by atoms with van der Waals surface area (Å²) in [5, 5.41) is 19.6. The van der Waals surface area contributed by atoms with Crippen LogP contribution in [-0.2, 0) is 4.79 Å². The summed E-state index contributed by atoms with van der Waals surface area (Å²) < 4.78 is 0. The summed E-state index contributed by atoms with van der Waals surface area (Å²) in [5.41, 5.74) is -0.542. The second-order valence-electron chi connectivity index (χ2n) is 7.63. The van der Waals surface area contributed by atoms with E-state index in [0.29, 0.717) is 12.3 Å². The summed E-state index contributed by atoms with van der Waals surface area (Å²) in [6.45, 7) is 2.37. The van der Waals surface area contributed by atoms with Crippen LogP contribution in [0.5, 0.6) is 0 Å². The van der Waals surface area contributed by atoms with E-state index in [-0.39, 0.29) is 24.2 Å². The Labute approximate surface area is 152 Å². The summed E-state index contributed by atoms with van der Waals surface area (Å²) >= 11 is 0. The van der Waals surface area contributed by atoms with Gasteiger partial charge in [0, 0.05) is 18.4 Å². The van der Waals surface area contributed by atoms with E-state index in [9.17, 15) is 9.90 Å². The van der Waals surface area contributed by atoms with Gasteiger partial charge in [0.2, 0.25) is 0 Å². The Morgan fingerprint density at radius 1 is 1.24 bits per heavy atom. The van der Waals surface area contributed by atoms with Crippen LogP contribution >= 0.6 is 0 Å². The first-order valence-corrected chi connectivity index (χ1v) is 9.97. The average Bonchev–Trinajstić information content (AvgIpc) is 3.39. The molecule has 0 aromatic heterocycles. The number of hydrogen-bond donors (Lipinski definition) is 2. The van der Waals surface area contributed by atoms with Crippen molar-refractivity contribution in [2.45, 2.75) is 70.3 Å². The van der Waals surface area contributed by atoms with E-state index in [2.05, 4.69) is 31.2 Å². The van der Waals surface area contributed by atoms with E-state index >= 15 is 0 Å². The molecular weight excluding hydrogens is 312 g/mol. The first-order chi connectivity index (χ1) is 12.1. The van der Waals surface area contributed by atoms with Crippen molar-refractivity contribution in [2.24, 2.45) is 17.8 Å². The quantitative estimate of drug-likeness (QED) is 0.408. The molecule has 3 nitrogen and oxygen atoms in total. The summed E-state index contributed by atoms with van der Waals surface area (Å²) in [4.78, 5) is 12.1. The van der Waals surface area contributed by atoms with Gasteiger partial charge >= 0.3 is 0 Å². The van der Waals surface area contributed by atoms with Crippen molar-refractivity contribution in [3.63, 3.8) is 0 Å². The van der Waals surface area contributed by atoms with Crippen LogP contribution in [0.3, 0.4) is 0 Å². The summed E-state index contributed by atoms with van der Waals surface area (Å²) in [6, 6.07) is 0. The van der Waals surface area contributed by atoms with Crippen molar-refractivity contribution in [3.8, 4) is 0 Å². The average molecular weight is 347 g/mol. The first kappa shape index (κ1) is 20.1. The molecule has 0 heterocycles. The molecule has 2 aliphatic carbocycles. The van der Waals surface area contributed by atoms with Gasteiger partial charge in [-0.2, -0.15) is 0 Å². The predicted octanol–water partition coefficient (Wildman–Crippen LogP) is 4.35. The molecule has 3 heteroatoms. The molecule has 1 unspecified atom stereocenters. The third-order valence-electron chi connectivity index (χ3n) is 5.50. The molecule has 140 valence electrons. The maximum Gasteiger partial charge on any atom is 0.159 e. The lowest BCUT2D eigenvalue weighted by molar-refractivity contribution is -0.117. The zero-order chi connectivity index (χ0) is 18.1. The van der Waals surface area contributed by atoms with Gasteiger partial charge in [-0.15, -0.1) is 0 Å². The number of unbranched alkanes of at least 4 members (excludes halogenated alkanes) is 2. The summed E-state index contributed by atoms with van der Waals surface area (Å²) in [6.07, 6.45) is 20.6. The number of hydrogen-bond acceptors (Lipinski definition) is 3. The van der Waals surface area contributed by atoms with Crippen molar-refractivity contribution < 1.29 is 15.0 Å². The molecule has 1 saturated carbocycles. The van der Waals surface area contributed by atoms with Gasteiger partial charge in [0.05, 0.1) is 5.60 Å². The molecule has 0 radical (unpaired) electrons. The number of allylic oxidation sites excluding steroid dienone is 5. The lowest BCUT2D eigenvalue weighted by atomic mass is 9.86. The summed E-state index contributed by atoms with van der Waals surface area (Å²) in [7, 11) is 0. The Morgan fingerprint density at radius 2 is 2.04 bits per heavy atom. The van der Waals surface area contributed by atoms with Gasteiger partial charge in [0.1, 0.15) is 0 Å². The van der Waals surface area contributed by atoms with Crippen LogP contribution in [0.2, 0.25) is 0 Å².